The summed E-state index contributed by atoms with van der Waals surface area (Å²) >= 11 is 0. The summed E-state index contributed by atoms with van der Waals surface area (Å²) in [7, 11) is 0. The van der Waals surface area contributed by atoms with Crippen LogP contribution in [0.2, 0.25) is 0 Å². The molecule has 0 aliphatic heterocycles. The fourth-order valence-corrected chi connectivity index (χ4v) is 4.14. The predicted octanol–water partition coefficient (Wildman–Crippen LogP) is 6.04. The SMILES string of the molecule is CCCCCN(CC(=O)N(Cc1cccn1Cc1ccccc1C)C(C)CC)C(=O)C(C)(C)C. The molecule has 34 heavy (non-hydrogen) atoms. The maximum absolute atomic E-state index is 13.6. The number of hydrogen-bond donors (Lipinski definition) is 0. The first-order valence-corrected chi connectivity index (χ1v) is 12.9. The lowest BCUT2D eigenvalue weighted by Gasteiger charge is -2.34. The summed E-state index contributed by atoms with van der Waals surface area (Å²) in [6, 6.07) is 12.7. The molecule has 5 heteroatoms. The summed E-state index contributed by atoms with van der Waals surface area (Å²) in [6.07, 6.45) is 6.02. The zero-order chi connectivity index (χ0) is 25.3. The second-order valence-electron chi connectivity index (χ2n) is 10.5. The van der Waals surface area contributed by atoms with E-state index in [1.54, 1.807) is 4.90 Å². The average molecular weight is 468 g/mol. The molecule has 5 nitrogen and oxygen atoms in total. The molecule has 0 spiro atoms. The minimum absolute atomic E-state index is 0.0205. The third-order valence-electron chi connectivity index (χ3n) is 6.59. The Balaban J connectivity index is 2.22. The van der Waals surface area contributed by atoms with Crippen LogP contribution in [0.5, 0.6) is 0 Å². The number of hydrogen-bond acceptors (Lipinski definition) is 2. The van der Waals surface area contributed by atoms with Crippen molar-refractivity contribution in [1.82, 2.24) is 14.4 Å². The standard InChI is InChI=1S/C29H45N3O2/c1-8-10-13-18-31(28(34)29(5,6)7)22-27(33)32(24(4)9-2)21-26-17-14-19-30(26)20-25-16-12-11-15-23(25)3/h11-12,14-17,19,24H,8-10,13,18,20-22H2,1-7H3. The molecule has 2 aromatic rings. The molecule has 1 aromatic carbocycles. The van der Waals surface area contributed by atoms with Gasteiger partial charge in [-0.2, -0.15) is 0 Å². The molecule has 0 fully saturated rings. The van der Waals surface area contributed by atoms with Crippen LogP contribution in [0.25, 0.3) is 0 Å². The number of rotatable bonds is 12. The first-order chi connectivity index (χ1) is 16.1. The summed E-state index contributed by atoms with van der Waals surface area (Å²) in [6.45, 7) is 16.4. The van der Waals surface area contributed by atoms with Gasteiger partial charge in [-0.25, -0.2) is 0 Å². The lowest BCUT2D eigenvalue weighted by atomic mass is 9.94. The number of benzene rings is 1. The van der Waals surface area contributed by atoms with Crippen molar-refractivity contribution in [3.63, 3.8) is 0 Å². The molecule has 0 aliphatic rings. The van der Waals surface area contributed by atoms with Crippen LogP contribution in [-0.2, 0) is 22.7 Å². The molecule has 2 rings (SSSR count). The molecule has 0 radical (unpaired) electrons. The van der Waals surface area contributed by atoms with E-state index in [1.165, 1.54) is 11.1 Å². The van der Waals surface area contributed by atoms with E-state index in [1.807, 2.05) is 31.7 Å². The highest BCUT2D eigenvalue weighted by Gasteiger charge is 2.30. The van der Waals surface area contributed by atoms with Crippen molar-refractivity contribution >= 4 is 11.8 Å². The molecule has 2 amide bonds. The van der Waals surface area contributed by atoms with Crippen molar-refractivity contribution in [3.05, 3.63) is 59.4 Å². The normalized spacial score (nSPS) is 12.4. The molecule has 0 saturated heterocycles. The highest BCUT2D eigenvalue weighted by molar-refractivity contribution is 5.87. The number of carbonyl (C=O) groups excluding carboxylic acids is 2. The number of amides is 2. The zero-order valence-electron chi connectivity index (χ0n) is 22.4. The topological polar surface area (TPSA) is 45.6 Å². The maximum atomic E-state index is 13.6. The summed E-state index contributed by atoms with van der Waals surface area (Å²) in [5, 5.41) is 0. The maximum Gasteiger partial charge on any atom is 0.242 e. The Morgan fingerprint density at radius 1 is 1.03 bits per heavy atom. The molecule has 1 atom stereocenters. The highest BCUT2D eigenvalue weighted by Crippen LogP contribution is 2.20. The summed E-state index contributed by atoms with van der Waals surface area (Å²) in [5.41, 5.74) is 3.15. The Labute approximate surface area is 207 Å². The van der Waals surface area contributed by atoms with E-state index in [0.29, 0.717) is 13.1 Å². The molecule has 0 bridgehead atoms. The molecule has 1 heterocycles. The highest BCUT2D eigenvalue weighted by atomic mass is 16.2. The number of unbranched alkanes of at least 4 members (excludes halogenated alkanes) is 2. The first kappa shape index (κ1) is 27.7. The lowest BCUT2D eigenvalue weighted by Crippen LogP contribution is -2.48. The number of carbonyl (C=O) groups is 2. The van der Waals surface area contributed by atoms with Gasteiger partial charge < -0.3 is 14.4 Å². The Morgan fingerprint density at radius 2 is 1.74 bits per heavy atom. The molecular weight excluding hydrogens is 422 g/mol. The number of aryl methyl sites for hydroxylation is 1. The Morgan fingerprint density at radius 3 is 2.35 bits per heavy atom. The van der Waals surface area contributed by atoms with Crippen LogP contribution >= 0.6 is 0 Å². The fraction of sp³-hybridized carbons (Fsp3) is 0.586. The summed E-state index contributed by atoms with van der Waals surface area (Å²) in [4.78, 5) is 30.4. The van der Waals surface area contributed by atoms with E-state index in [4.69, 9.17) is 0 Å². The molecule has 0 aliphatic carbocycles. The van der Waals surface area contributed by atoms with Gasteiger partial charge in [-0.15, -0.1) is 0 Å². The van der Waals surface area contributed by atoms with E-state index in [9.17, 15) is 9.59 Å². The smallest absolute Gasteiger partial charge is 0.242 e. The van der Waals surface area contributed by atoms with Crippen molar-refractivity contribution in [2.45, 2.75) is 93.3 Å². The minimum Gasteiger partial charge on any atom is -0.345 e. The van der Waals surface area contributed by atoms with Crippen LogP contribution in [0.15, 0.2) is 42.6 Å². The van der Waals surface area contributed by atoms with Crippen LogP contribution in [0.1, 0.15) is 84.0 Å². The van der Waals surface area contributed by atoms with Gasteiger partial charge in [0.2, 0.25) is 11.8 Å². The van der Waals surface area contributed by atoms with Crippen molar-refractivity contribution in [2.24, 2.45) is 5.41 Å². The summed E-state index contributed by atoms with van der Waals surface area (Å²) < 4.78 is 2.23. The molecule has 0 saturated carbocycles. The van der Waals surface area contributed by atoms with Gasteiger partial charge in [-0.3, -0.25) is 9.59 Å². The summed E-state index contributed by atoms with van der Waals surface area (Å²) in [5.74, 6) is 0.0658. The Bertz CT molecular complexity index is 925. The third-order valence-corrected chi connectivity index (χ3v) is 6.59. The third kappa shape index (κ3) is 7.75. The average Bonchev–Trinajstić information content (AvgIpc) is 3.23. The number of nitrogens with zero attached hydrogens (tertiary/aromatic N) is 3. The molecular formula is C29H45N3O2. The quantitative estimate of drug-likeness (QED) is 0.357. The van der Waals surface area contributed by atoms with Gasteiger partial charge in [-0.1, -0.05) is 71.7 Å². The van der Waals surface area contributed by atoms with E-state index in [-0.39, 0.29) is 24.4 Å². The van der Waals surface area contributed by atoms with Crippen molar-refractivity contribution < 1.29 is 9.59 Å². The van der Waals surface area contributed by atoms with Crippen LogP contribution in [-0.4, -0.2) is 45.3 Å². The lowest BCUT2D eigenvalue weighted by molar-refractivity contribution is -0.146. The monoisotopic (exact) mass is 467 g/mol. The van der Waals surface area contributed by atoms with E-state index in [0.717, 1.165) is 37.9 Å². The molecule has 1 aromatic heterocycles. The second-order valence-corrected chi connectivity index (χ2v) is 10.5. The van der Waals surface area contributed by atoms with Crippen LogP contribution in [0.3, 0.4) is 0 Å². The van der Waals surface area contributed by atoms with Gasteiger partial charge in [0.05, 0.1) is 13.1 Å². The van der Waals surface area contributed by atoms with Crippen molar-refractivity contribution in [1.29, 1.82) is 0 Å². The predicted molar refractivity (Wildman–Crippen MR) is 141 cm³/mol. The van der Waals surface area contributed by atoms with Crippen molar-refractivity contribution in [3.8, 4) is 0 Å². The van der Waals surface area contributed by atoms with Gasteiger partial charge >= 0.3 is 0 Å². The van der Waals surface area contributed by atoms with Gasteiger partial charge in [0.15, 0.2) is 0 Å². The molecule has 188 valence electrons. The van der Waals surface area contributed by atoms with Gasteiger partial charge in [0.25, 0.3) is 0 Å². The first-order valence-electron chi connectivity index (χ1n) is 12.9. The van der Waals surface area contributed by atoms with Gasteiger partial charge in [0, 0.05) is 36.4 Å². The van der Waals surface area contributed by atoms with Crippen molar-refractivity contribution in [2.75, 3.05) is 13.1 Å². The fourth-order valence-electron chi connectivity index (χ4n) is 4.14. The van der Waals surface area contributed by atoms with Gasteiger partial charge in [0.1, 0.15) is 0 Å². The van der Waals surface area contributed by atoms with Crippen LogP contribution < -0.4 is 0 Å². The van der Waals surface area contributed by atoms with Crippen LogP contribution in [0, 0.1) is 12.3 Å². The van der Waals surface area contributed by atoms with Crippen LogP contribution in [0.4, 0.5) is 0 Å². The Kier molecular flexibility index (Phi) is 10.4. The van der Waals surface area contributed by atoms with E-state index >= 15 is 0 Å². The second kappa shape index (κ2) is 12.8. The zero-order valence-corrected chi connectivity index (χ0v) is 22.4. The minimum atomic E-state index is -0.504. The van der Waals surface area contributed by atoms with E-state index in [2.05, 4.69) is 68.8 Å². The number of aromatic nitrogens is 1. The molecule has 0 N–H and O–H groups in total. The largest absolute Gasteiger partial charge is 0.345 e. The molecule has 1 unspecified atom stereocenters. The van der Waals surface area contributed by atoms with E-state index < -0.39 is 5.41 Å². The van der Waals surface area contributed by atoms with Gasteiger partial charge in [-0.05, 0) is 49.9 Å². The Hall–Kier alpha value is -2.56.